The maximum absolute atomic E-state index is 6.31. The van der Waals surface area contributed by atoms with Gasteiger partial charge in [-0.15, -0.1) is 0 Å². The average Bonchev–Trinajstić information content (AvgIpc) is 2.40. The van der Waals surface area contributed by atoms with Gasteiger partial charge in [0.25, 0.3) is 0 Å². The number of aryl methyl sites for hydroxylation is 1. The molecule has 5 heteroatoms. The highest BCUT2D eigenvalue weighted by molar-refractivity contribution is 7.98. The Morgan fingerprint density at radius 1 is 1.10 bits per heavy atom. The highest BCUT2D eigenvalue weighted by Gasteiger charge is 2.15. The molecule has 1 aromatic heterocycles. The zero-order chi connectivity index (χ0) is 14.5. The van der Waals surface area contributed by atoms with Gasteiger partial charge in [0, 0.05) is 0 Å². The van der Waals surface area contributed by atoms with E-state index in [9.17, 15) is 0 Å². The lowest BCUT2D eigenvalue weighted by Crippen LogP contribution is -1.98. The fourth-order valence-electron chi connectivity index (χ4n) is 1.90. The van der Waals surface area contributed by atoms with Gasteiger partial charge in [-0.1, -0.05) is 54.4 Å². The van der Waals surface area contributed by atoms with Gasteiger partial charge < -0.3 is 0 Å². The zero-order valence-electron chi connectivity index (χ0n) is 11.5. The van der Waals surface area contributed by atoms with Crippen LogP contribution in [0, 0.1) is 6.92 Å². The number of hydrogen-bond donors (Lipinski definition) is 0. The van der Waals surface area contributed by atoms with Crippen molar-refractivity contribution in [3.05, 3.63) is 46.0 Å². The molecule has 1 heterocycles. The molecule has 0 saturated heterocycles. The van der Waals surface area contributed by atoms with Crippen molar-refractivity contribution >= 4 is 35.0 Å². The van der Waals surface area contributed by atoms with Crippen molar-refractivity contribution in [1.29, 1.82) is 0 Å². The first-order valence-corrected chi connectivity index (χ1v) is 8.40. The van der Waals surface area contributed by atoms with Crippen LogP contribution in [0.3, 0.4) is 0 Å². The van der Waals surface area contributed by atoms with E-state index in [0.29, 0.717) is 16.1 Å². The topological polar surface area (TPSA) is 25.8 Å². The van der Waals surface area contributed by atoms with Gasteiger partial charge in [0.15, 0.2) is 0 Å². The highest BCUT2D eigenvalue weighted by Crippen LogP contribution is 2.34. The molecule has 2 aromatic rings. The number of aromatic nitrogens is 2. The van der Waals surface area contributed by atoms with Crippen molar-refractivity contribution in [2.45, 2.75) is 26.0 Å². The molecular weight excluding hydrogens is 311 g/mol. The summed E-state index contributed by atoms with van der Waals surface area (Å²) >= 11 is 14.4. The summed E-state index contributed by atoms with van der Waals surface area (Å²) in [5.41, 5.74) is 2.80. The van der Waals surface area contributed by atoms with Crippen LogP contribution in [0.15, 0.2) is 24.3 Å². The minimum absolute atomic E-state index is 0.423. The second-order valence-corrected chi connectivity index (χ2v) is 6.29. The number of nitrogens with zero attached hydrogens (tertiary/aromatic N) is 2. The largest absolute Gasteiger partial charge is 0.220 e. The third kappa shape index (κ3) is 3.66. The number of hydrogen-bond acceptors (Lipinski definition) is 3. The summed E-state index contributed by atoms with van der Waals surface area (Å²) in [7, 11) is 0. The lowest BCUT2D eigenvalue weighted by atomic mass is 10.0. The molecule has 0 radical (unpaired) electrons. The number of benzene rings is 1. The molecule has 0 unspecified atom stereocenters. The molecule has 2 nitrogen and oxygen atoms in total. The molecule has 0 N–H and O–H groups in total. The maximum Gasteiger partial charge on any atom is 0.142 e. The van der Waals surface area contributed by atoms with Crippen molar-refractivity contribution in [2.24, 2.45) is 0 Å². The molecule has 0 bridgehead atoms. The smallest absolute Gasteiger partial charge is 0.142 e. The van der Waals surface area contributed by atoms with E-state index in [0.717, 1.165) is 34.6 Å². The molecular formula is C15H16Cl2N2S. The Hall–Kier alpha value is -0.770. The van der Waals surface area contributed by atoms with Crippen molar-refractivity contribution < 1.29 is 0 Å². The van der Waals surface area contributed by atoms with Crippen LogP contribution in [-0.2, 0) is 5.75 Å². The Labute approximate surface area is 133 Å². The fourth-order valence-corrected chi connectivity index (χ4v) is 3.27. The van der Waals surface area contributed by atoms with E-state index >= 15 is 0 Å². The summed E-state index contributed by atoms with van der Waals surface area (Å²) in [6.45, 7) is 4.17. The van der Waals surface area contributed by atoms with Gasteiger partial charge in [0.1, 0.15) is 16.1 Å². The minimum Gasteiger partial charge on any atom is -0.220 e. The van der Waals surface area contributed by atoms with Gasteiger partial charge in [0.05, 0.1) is 11.3 Å². The SMILES string of the molecule is CCCSCc1nc(Cl)c(-c2ccccc2C)c(Cl)n1. The number of halogens is 2. The molecule has 0 fully saturated rings. The van der Waals surface area contributed by atoms with Crippen LogP contribution in [0.25, 0.3) is 11.1 Å². The first kappa shape index (κ1) is 15.6. The van der Waals surface area contributed by atoms with Crippen LogP contribution < -0.4 is 0 Å². The molecule has 0 saturated carbocycles. The van der Waals surface area contributed by atoms with E-state index in [-0.39, 0.29) is 0 Å². The van der Waals surface area contributed by atoms with Crippen molar-refractivity contribution in [3.8, 4) is 11.1 Å². The van der Waals surface area contributed by atoms with Crippen molar-refractivity contribution in [2.75, 3.05) is 5.75 Å². The maximum atomic E-state index is 6.31. The van der Waals surface area contributed by atoms with Crippen molar-refractivity contribution in [3.63, 3.8) is 0 Å². The van der Waals surface area contributed by atoms with Gasteiger partial charge >= 0.3 is 0 Å². The predicted molar refractivity (Wildman–Crippen MR) is 88.7 cm³/mol. The monoisotopic (exact) mass is 326 g/mol. The second-order valence-electron chi connectivity index (χ2n) is 4.46. The Morgan fingerprint density at radius 2 is 1.75 bits per heavy atom. The predicted octanol–water partition coefficient (Wildman–Crippen LogP) is 5.40. The Balaban J connectivity index is 2.34. The molecule has 0 spiro atoms. The summed E-state index contributed by atoms with van der Waals surface area (Å²) in [5.74, 6) is 2.51. The van der Waals surface area contributed by atoms with E-state index < -0.39 is 0 Å². The van der Waals surface area contributed by atoms with Gasteiger partial charge in [-0.2, -0.15) is 11.8 Å². The summed E-state index contributed by atoms with van der Waals surface area (Å²) in [6.07, 6.45) is 1.13. The van der Waals surface area contributed by atoms with E-state index in [1.807, 2.05) is 31.2 Å². The molecule has 0 atom stereocenters. The molecule has 0 aliphatic heterocycles. The standard InChI is InChI=1S/C15H16Cl2N2S/c1-3-8-20-9-12-18-14(16)13(15(17)19-12)11-7-5-4-6-10(11)2/h4-7H,3,8-9H2,1-2H3. The zero-order valence-corrected chi connectivity index (χ0v) is 13.8. The molecule has 20 heavy (non-hydrogen) atoms. The molecule has 0 amide bonds. The lowest BCUT2D eigenvalue weighted by molar-refractivity contribution is 1.03. The first-order valence-electron chi connectivity index (χ1n) is 6.49. The average molecular weight is 327 g/mol. The van der Waals surface area contributed by atoms with Gasteiger partial charge in [-0.05, 0) is 30.2 Å². The van der Waals surface area contributed by atoms with Gasteiger partial charge in [0.2, 0.25) is 0 Å². The van der Waals surface area contributed by atoms with E-state index in [2.05, 4.69) is 16.9 Å². The Kier molecular flexibility index (Phi) is 5.70. The summed E-state index contributed by atoms with van der Waals surface area (Å²) in [5, 5.41) is 0.845. The van der Waals surface area contributed by atoms with Crippen LogP contribution in [-0.4, -0.2) is 15.7 Å². The Bertz CT molecular complexity index is 579. The summed E-state index contributed by atoms with van der Waals surface area (Å²) in [6, 6.07) is 7.95. The molecule has 1 aromatic carbocycles. The fraction of sp³-hybridized carbons (Fsp3) is 0.333. The summed E-state index contributed by atoms with van der Waals surface area (Å²) < 4.78 is 0. The van der Waals surface area contributed by atoms with Crippen LogP contribution in [0.4, 0.5) is 0 Å². The Morgan fingerprint density at radius 3 is 2.35 bits per heavy atom. The van der Waals surface area contributed by atoms with Gasteiger partial charge in [-0.3, -0.25) is 0 Å². The molecule has 0 aliphatic carbocycles. The van der Waals surface area contributed by atoms with E-state index in [1.54, 1.807) is 11.8 Å². The summed E-state index contributed by atoms with van der Waals surface area (Å²) in [4.78, 5) is 8.74. The highest BCUT2D eigenvalue weighted by atomic mass is 35.5. The minimum atomic E-state index is 0.423. The van der Waals surface area contributed by atoms with Crippen molar-refractivity contribution in [1.82, 2.24) is 9.97 Å². The number of rotatable bonds is 5. The van der Waals surface area contributed by atoms with Crippen LogP contribution >= 0.6 is 35.0 Å². The molecule has 106 valence electrons. The normalized spacial score (nSPS) is 10.8. The third-order valence-electron chi connectivity index (χ3n) is 2.86. The van der Waals surface area contributed by atoms with Crippen LogP contribution in [0.2, 0.25) is 10.3 Å². The van der Waals surface area contributed by atoms with Crippen LogP contribution in [0.1, 0.15) is 24.7 Å². The first-order chi connectivity index (χ1) is 9.63. The third-order valence-corrected chi connectivity index (χ3v) is 4.57. The van der Waals surface area contributed by atoms with E-state index in [1.165, 1.54) is 0 Å². The quantitative estimate of drug-likeness (QED) is 0.543. The van der Waals surface area contributed by atoms with Crippen LogP contribution in [0.5, 0.6) is 0 Å². The molecule has 2 rings (SSSR count). The number of thioether (sulfide) groups is 1. The van der Waals surface area contributed by atoms with E-state index in [4.69, 9.17) is 23.2 Å². The van der Waals surface area contributed by atoms with Gasteiger partial charge in [-0.25, -0.2) is 9.97 Å². The second kappa shape index (κ2) is 7.30. The lowest BCUT2D eigenvalue weighted by Gasteiger charge is -2.10. The molecule has 0 aliphatic rings.